The smallest absolute Gasteiger partial charge is 0.224 e. The predicted octanol–water partition coefficient (Wildman–Crippen LogP) is 1.69. The van der Waals surface area contributed by atoms with Crippen molar-refractivity contribution in [3.8, 4) is 0 Å². The number of nitrogens with one attached hydrogen (secondary N) is 2. The van der Waals surface area contributed by atoms with Crippen LogP contribution >= 0.6 is 12.4 Å². The molecule has 0 aromatic heterocycles. The third-order valence-corrected chi connectivity index (χ3v) is 4.96. The maximum Gasteiger partial charge on any atom is 0.224 e. The molecular formula is C15H23ClN2O3S. The number of carbonyl (C=O) groups excluding carboxylic acids is 1. The number of benzene rings is 1. The molecule has 1 saturated heterocycles. The number of halogens is 1. The number of amides is 1. The van der Waals surface area contributed by atoms with Crippen LogP contribution in [0.15, 0.2) is 29.2 Å². The van der Waals surface area contributed by atoms with Crippen molar-refractivity contribution in [3.63, 3.8) is 0 Å². The zero-order valence-electron chi connectivity index (χ0n) is 12.8. The average molecular weight is 347 g/mol. The van der Waals surface area contributed by atoms with Crippen molar-refractivity contribution >= 4 is 28.2 Å². The highest BCUT2D eigenvalue weighted by Crippen LogP contribution is 2.18. The molecule has 0 saturated carbocycles. The molecule has 7 heteroatoms. The number of hydrogen-bond acceptors (Lipinski definition) is 4. The Bertz CT molecular complexity index is 596. The van der Waals surface area contributed by atoms with Crippen molar-refractivity contribution < 1.29 is 13.2 Å². The summed E-state index contributed by atoms with van der Waals surface area (Å²) in [6.07, 6.45) is 3.12. The van der Waals surface area contributed by atoms with Crippen molar-refractivity contribution in [1.82, 2.24) is 10.6 Å². The lowest BCUT2D eigenvalue weighted by atomic mass is 9.98. The lowest BCUT2D eigenvalue weighted by molar-refractivity contribution is -0.126. The SMILES string of the molecule is CC(NC(=O)C1CCCNC1)c1ccc(S(C)(=O)=O)cc1.Cl. The first kappa shape index (κ1) is 18.9. The summed E-state index contributed by atoms with van der Waals surface area (Å²) in [5.41, 5.74) is 0.902. The lowest BCUT2D eigenvalue weighted by Gasteiger charge is -2.24. The molecule has 1 aliphatic rings. The normalized spacial score (nSPS) is 19.8. The van der Waals surface area contributed by atoms with Crippen molar-refractivity contribution in [2.45, 2.75) is 30.7 Å². The van der Waals surface area contributed by atoms with Gasteiger partial charge in [0.2, 0.25) is 5.91 Å². The molecule has 0 aliphatic carbocycles. The molecule has 2 unspecified atom stereocenters. The molecule has 1 aliphatic heterocycles. The molecule has 124 valence electrons. The summed E-state index contributed by atoms with van der Waals surface area (Å²) in [6, 6.07) is 6.53. The van der Waals surface area contributed by atoms with Crippen molar-refractivity contribution in [2.24, 2.45) is 5.92 Å². The molecule has 1 aromatic carbocycles. The third kappa shape index (κ3) is 4.97. The highest BCUT2D eigenvalue weighted by Gasteiger charge is 2.22. The summed E-state index contributed by atoms with van der Waals surface area (Å²) < 4.78 is 22.8. The van der Waals surface area contributed by atoms with Gasteiger partial charge in [-0.25, -0.2) is 8.42 Å². The first-order valence-electron chi connectivity index (χ1n) is 7.19. The van der Waals surface area contributed by atoms with Gasteiger partial charge in [-0.05, 0) is 44.0 Å². The van der Waals surface area contributed by atoms with Gasteiger partial charge in [-0.15, -0.1) is 12.4 Å². The van der Waals surface area contributed by atoms with E-state index in [1.165, 1.54) is 6.26 Å². The summed E-state index contributed by atoms with van der Waals surface area (Å²) in [7, 11) is -3.18. The van der Waals surface area contributed by atoms with Crippen molar-refractivity contribution in [1.29, 1.82) is 0 Å². The van der Waals surface area contributed by atoms with E-state index in [0.717, 1.165) is 31.5 Å². The van der Waals surface area contributed by atoms with Gasteiger partial charge < -0.3 is 10.6 Å². The van der Waals surface area contributed by atoms with Crippen LogP contribution in [0, 0.1) is 5.92 Å². The quantitative estimate of drug-likeness (QED) is 0.870. The predicted molar refractivity (Wildman–Crippen MR) is 89.0 cm³/mol. The van der Waals surface area contributed by atoms with Crippen LogP contribution in [0.5, 0.6) is 0 Å². The number of sulfone groups is 1. The molecule has 2 atom stereocenters. The maximum absolute atomic E-state index is 12.2. The average Bonchev–Trinajstić information content (AvgIpc) is 2.47. The highest BCUT2D eigenvalue weighted by molar-refractivity contribution is 7.90. The molecule has 1 aromatic rings. The standard InChI is InChI=1S/C15H22N2O3S.ClH/c1-11(17-15(18)13-4-3-9-16-10-13)12-5-7-14(8-6-12)21(2,19)20;/h5-8,11,13,16H,3-4,9-10H2,1-2H3,(H,17,18);1H. The Morgan fingerprint density at radius 1 is 1.32 bits per heavy atom. The van der Waals surface area contributed by atoms with Crippen LogP contribution in [0.2, 0.25) is 0 Å². The summed E-state index contributed by atoms with van der Waals surface area (Å²) in [5, 5.41) is 6.22. The second-order valence-electron chi connectivity index (χ2n) is 5.61. The third-order valence-electron chi connectivity index (χ3n) is 3.83. The second kappa shape index (κ2) is 7.94. The van der Waals surface area contributed by atoms with Gasteiger partial charge in [0.15, 0.2) is 9.84 Å². The Kier molecular flexibility index (Phi) is 6.84. The maximum atomic E-state index is 12.2. The van der Waals surface area contributed by atoms with E-state index in [1.54, 1.807) is 24.3 Å². The molecule has 2 N–H and O–H groups in total. The van der Waals surface area contributed by atoms with E-state index in [9.17, 15) is 13.2 Å². The molecule has 0 bridgehead atoms. The molecule has 5 nitrogen and oxygen atoms in total. The first-order valence-corrected chi connectivity index (χ1v) is 9.08. The topological polar surface area (TPSA) is 75.3 Å². The Morgan fingerprint density at radius 2 is 1.95 bits per heavy atom. The minimum Gasteiger partial charge on any atom is -0.349 e. The lowest BCUT2D eigenvalue weighted by Crippen LogP contribution is -2.41. The Labute approximate surface area is 138 Å². The molecule has 2 rings (SSSR count). The van der Waals surface area contributed by atoms with E-state index in [1.807, 2.05) is 6.92 Å². The van der Waals surface area contributed by atoms with Crippen LogP contribution < -0.4 is 10.6 Å². The van der Waals surface area contributed by atoms with Crippen LogP contribution in [0.25, 0.3) is 0 Å². The van der Waals surface area contributed by atoms with Crippen molar-refractivity contribution in [2.75, 3.05) is 19.3 Å². The van der Waals surface area contributed by atoms with Gasteiger partial charge in [0, 0.05) is 12.8 Å². The second-order valence-corrected chi connectivity index (χ2v) is 7.63. The van der Waals surface area contributed by atoms with Gasteiger partial charge in [0.25, 0.3) is 0 Å². The number of piperidine rings is 1. The van der Waals surface area contributed by atoms with Gasteiger partial charge in [0.05, 0.1) is 16.9 Å². The molecule has 1 fully saturated rings. The van der Waals surface area contributed by atoms with Crippen LogP contribution in [-0.2, 0) is 14.6 Å². The number of rotatable bonds is 4. The zero-order valence-corrected chi connectivity index (χ0v) is 14.5. The molecular weight excluding hydrogens is 324 g/mol. The fourth-order valence-electron chi connectivity index (χ4n) is 2.49. The van der Waals surface area contributed by atoms with E-state index in [2.05, 4.69) is 10.6 Å². The van der Waals surface area contributed by atoms with Gasteiger partial charge >= 0.3 is 0 Å². The van der Waals surface area contributed by atoms with Crippen LogP contribution in [-0.4, -0.2) is 33.7 Å². The molecule has 1 heterocycles. The number of hydrogen-bond donors (Lipinski definition) is 2. The van der Waals surface area contributed by atoms with E-state index < -0.39 is 9.84 Å². The highest BCUT2D eigenvalue weighted by atomic mass is 35.5. The zero-order chi connectivity index (χ0) is 15.5. The van der Waals surface area contributed by atoms with Gasteiger partial charge in [-0.2, -0.15) is 0 Å². The molecule has 1 amide bonds. The molecule has 22 heavy (non-hydrogen) atoms. The van der Waals surface area contributed by atoms with Crippen LogP contribution in [0.4, 0.5) is 0 Å². The van der Waals surface area contributed by atoms with Crippen molar-refractivity contribution in [3.05, 3.63) is 29.8 Å². The van der Waals surface area contributed by atoms with Crippen LogP contribution in [0.1, 0.15) is 31.4 Å². The summed E-state index contributed by atoms with van der Waals surface area (Å²) in [6.45, 7) is 3.61. The summed E-state index contributed by atoms with van der Waals surface area (Å²) >= 11 is 0. The minimum atomic E-state index is -3.18. The Balaban J connectivity index is 0.00000242. The summed E-state index contributed by atoms with van der Waals surface area (Å²) in [4.78, 5) is 12.5. The van der Waals surface area contributed by atoms with Gasteiger partial charge in [0.1, 0.15) is 0 Å². The Morgan fingerprint density at radius 3 is 2.45 bits per heavy atom. The summed E-state index contributed by atoms with van der Waals surface area (Å²) in [5.74, 6) is 0.0818. The molecule has 0 radical (unpaired) electrons. The van der Waals surface area contributed by atoms with E-state index in [-0.39, 0.29) is 30.3 Å². The van der Waals surface area contributed by atoms with Gasteiger partial charge in [-0.3, -0.25) is 4.79 Å². The monoisotopic (exact) mass is 346 g/mol. The first-order chi connectivity index (χ1) is 9.88. The fraction of sp³-hybridized carbons (Fsp3) is 0.533. The number of carbonyl (C=O) groups is 1. The largest absolute Gasteiger partial charge is 0.349 e. The van der Waals surface area contributed by atoms with Crippen LogP contribution in [0.3, 0.4) is 0 Å². The Hall–Kier alpha value is -1.11. The van der Waals surface area contributed by atoms with E-state index in [0.29, 0.717) is 4.90 Å². The van der Waals surface area contributed by atoms with E-state index >= 15 is 0 Å². The molecule has 0 spiro atoms. The van der Waals surface area contributed by atoms with E-state index in [4.69, 9.17) is 0 Å². The van der Waals surface area contributed by atoms with Gasteiger partial charge in [-0.1, -0.05) is 12.1 Å². The minimum absolute atomic E-state index is 0. The fourth-order valence-corrected chi connectivity index (χ4v) is 3.12.